The number of fused-ring (bicyclic) bond motifs is 1. The van der Waals surface area contributed by atoms with E-state index in [4.69, 9.17) is 0 Å². The van der Waals surface area contributed by atoms with E-state index < -0.39 is 10.0 Å². The fraction of sp³-hybridized carbons (Fsp3) is 0.421. The lowest BCUT2D eigenvalue weighted by molar-refractivity contribution is -0.120. The third-order valence-corrected chi connectivity index (χ3v) is 8.39. The molecule has 1 aliphatic heterocycles. The van der Waals surface area contributed by atoms with Gasteiger partial charge in [-0.25, -0.2) is 8.42 Å². The first-order valence-electron chi connectivity index (χ1n) is 9.68. The fourth-order valence-electron chi connectivity index (χ4n) is 3.42. The third kappa shape index (κ3) is 4.49. The molecule has 3 aromatic rings. The molecule has 154 valence electrons. The lowest BCUT2D eigenvalue weighted by Gasteiger charge is -2.25. The summed E-state index contributed by atoms with van der Waals surface area (Å²) in [5, 5.41) is 11.1. The fourth-order valence-corrected chi connectivity index (χ4v) is 6.45. The molecule has 3 aromatic heterocycles. The van der Waals surface area contributed by atoms with Crippen molar-refractivity contribution in [2.24, 2.45) is 0 Å². The maximum Gasteiger partial charge on any atom is 0.252 e. The van der Waals surface area contributed by atoms with Crippen molar-refractivity contribution in [3.05, 3.63) is 47.2 Å². The SMILES string of the molecule is O=C(Cc1ccc(S(=O)(=O)N2CCCCC2)s1)NCCc1nnc2ccccn12. The van der Waals surface area contributed by atoms with Gasteiger partial charge < -0.3 is 5.32 Å². The topological polar surface area (TPSA) is 96.7 Å². The molecule has 0 aliphatic carbocycles. The number of thiophene rings is 1. The summed E-state index contributed by atoms with van der Waals surface area (Å²) >= 11 is 1.18. The van der Waals surface area contributed by atoms with E-state index >= 15 is 0 Å². The molecule has 0 unspecified atom stereocenters. The van der Waals surface area contributed by atoms with Gasteiger partial charge in [-0.2, -0.15) is 4.31 Å². The van der Waals surface area contributed by atoms with Crippen LogP contribution in [0.25, 0.3) is 5.65 Å². The van der Waals surface area contributed by atoms with E-state index in [1.165, 1.54) is 11.3 Å². The van der Waals surface area contributed by atoms with E-state index in [1.807, 2.05) is 28.8 Å². The van der Waals surface area contributed by atoms with Crippen LogP contribution in [0.15, 0.2) is 40.7 Å². The summed E-state index contributed by atoms with van der Waals surface area (Å²) in [6.07, 6.45) is 5.51. The Kier molecular flexibility index (Phi) is 5.93. The van der Waals surface area contributed by atoms with Crippen molar-refractivity contribution in [3.8, 4) is 0 Å². The standard InChI is InChI=1S/C19H23N5O3S2/c25-18(20-10-9-17-22-21-16-6-2-5-13-24(16)17)14-15-7-8-19(28-15)29(26,27)23-11-3-1-4-12-23/h2,5-8,13H,1,3-4,9-12,14H2,(H,20,25). The Morgan fingerprint density at radius 1 is 1.10 bits per heavy atom. The van der Waals surface area contributed by atoms with Crippen molar-refractivity contribution in [1.29, 1.82) is 0 Å². The van der Waals surface area contributed by atoms with Crippen molar-refractivity contribution < 1.29 is 13.2 Å². The monoisotopic (exact) mass is 433 g/mol. The average Bonchev–Trinajstić information content (AvgIpc) is 3.36. The quantitative estimate of drug-likeness (QED) is 0.614. The summed E-state index contributed by atoms with van der Waals surface area (Å²) in [5.41, 5.74) is 0.773. The molecule has 8 nitrogen and oxygen atoms in total. The van der Waals surface area contributed by atoms with Crippen molar-refractivity contribution in [2.75, 3.05) is 19.6 Å². The number of rotatable bonds is 7. The van der Waals surface area contributed by atoms with Gasteiger partial charge in [0.2, 0.25) is 5.91 Å². The number of sulfonamides is 1. The number of pyridine rings is 1. The minimum absolute atomic E-state index is 0.136. The molecule has 4 rings (SSSR count). The Balaban J connectivity index is 1.31. The minimum Gasteiger partial charge on any atom is -0.355 e. The van der Waals surface area contributed by atoms with Gasteiger partial charge >= 0.3 is 0 Å². The normalized spacial score (nSPS) is 15.6. The number of hydrogen-bond donors (Lipinski definition) is 1. The number of aromatic nitrogens is 3. The predicted octanol–water partition coefficient (Wildman–Crippen LogP) is 1.87. The van der Waals surface area contributed by atoms with Gasteiger partial charge in [0, 0.05) is 37.1 Å². The zero-order chi connectivity index (χ0) is 20.3. The largest absolute Gasteiger partial charge is 0.355 e. The van der Waals surface area contributed by atoms with Crippen molar-refractivity contribution in [1.82, 2.24) is 24.2 Å². The zero-order valence-corrected chi connectivity index (χ0v) is 17.6. The number of nitrogens with zero attached hydrogens (tertiary/aromatic N) is 4. The molecule has 0 radical (unpaired) electrons. The zero-order valence-electron chi connectivity index (χ0n) is 16.0. The van der Waals surface area contributed by atoms with Crippen molar-refractivity contribution >= 4 is 32.9 Å². The van der Waals surface area contributed by atoms with Crippen LogP contribution in [-0.2, 0) is 27.7 Å². The summed E-state index contributed by atoms with van der Waals surface area (Å²) in [7, 11) is -3.44. The highest BCUT2D eigenvalue weighted by Gasteiger charge is 2.27. The van der Waals surface area contributed by atoms with Gasteiger partial charge in [0.15, 0.2) is 5.65 Å². The number of amides is 1. The number of carbonyl (C=O) groups is 1. The molecule has 1 saturated heterocycles. The number of nitrogens with one attached hydrogen (secondary N) is 1. The second kappa shape index (κ2) is 8.60. The van der Waals surface area contributed by atoms with Crippen LogP contribution in [0, 0.1) is 0 Å². The van der Waals surface area contributed by atoms with E-state index in [2.05, 4.69) is 15.5 Å². The highest BCUT2D eigenvalue weighted by molar-refractivity contribution is 7.91. The van der Waals surface area contributed by atoms with Gasteiger partial charge in [-0.15, -0.1) is 21.5 Å². The van der Waals surface area contributed by atoms with Crippen molar-refractivity contribution in [3.63, 3.8) is 0 Å². The van der Waals surface area contributed by atoms with E-state index in [9.17, 15) is 13.2 Å². The van der Waals surface area contributed by atoms with Crippen LogP contribution in [-0.4, -0.2) is 52.9 Å². The first-order valence-corrected chi connectivity index (χ1v) is 11.9. The summed E-state index contributed by atoms with van der Waals surface area (Å²) in [6.45, 7) is 1.60. The molecule has 1 fully saturated rings. The molecular formula is C19H23N5O3S2. The van der Waals surface area contributed by atoms with Gasteiger partial charge in [0.05, 0.1) is 6.42 Å². The summed E-state index contributed by atoms with van der Waals surface area (Å²) in [4.78, 5) is 13.0. The predicted molar refractivity (Wildman–Crippen MR) is 110 cm³/mol. The van der Waals surface area contributed by atoms with Gasteiger partial charge in [0.1, 0.15) is 10.0 Å². The second-order valence-corrected chi connectivity index (χ2v) is 10.3. The van der Waals surface area contributed by atoms with Gasteiger partial charge in [-0.05, 0) is 37.1 Å². The molecule has 0 saturated carbocycles. The maximum absolute atomic E-state index is 12.7. The van der Waals surface area contributed by atoms with Crippen LogP contribution >= 0.6 is 11.3 Å². The molecule has 10 heteroatoms. The number of hydrogen-bond acceptors (Lipinski definition) is 6. The van der Waals surface area contributed by atoms with Gasteiger partial charge in [-0.1, -0.05) is 12.5 Å². The highest BCUT2D eigenvalue weighted by Crippen LogP contribution is 2.27. The van der Waals surface area contributed by atoms with Crippen LogP contribution in [0.2, 0.25) is 0 Å². The Morgan fingerprint density at radius 3 is 2.76 bits per heavy atom. The Morgan fingerprint density at radius 2 is 1.93 bits per heavy atom. The lowest BCUT2D eigenvalue weighted by Crippen LogP contribution is -2.35. The highest BCUT2D eigenvalue weighted by atomic mass is 32.2. The van der Waals surface area contributed by atoms with Gasteiger partial charge in [-0.3, -0.25) is 9.20 Å². The van der Waals surface area contributed by atoms with Crippen LogP contribution in [0.4, 0.5) is 0 Å². The minimum atomic E-state index is -3.44. The van der Waals surface area contributed by atoms with Crippen molar-refractivity contribution in [2.45, 2.75) is 36.3 Å². The van der Waals surface area contributed by atoms with E-state index in [-0.39, 0.29) is 12.3 Å². The number of piperidine rings is 1. The molecule has 4 heterocycles. The molecular weight excluding hydrogens is 410 g/mol. The van der Waals surface area contributed by atoms with Gasteiger partial charge in [0.25, 0.3) is 10.0 Å². The number of carbonyl (C=O) groups excluding carboxylic acids is 1. The molecule has 0 aromatic carbocycles. The first-order chi connectivity index (χ1) is 14.0. The van der Waals surface area contributed by atoms with Crippen LogP contribution in [0.3, 0.4) is 0 Å². The van der Waals surface area contributed by atoms with Crippen LogP contribution in [0.5, 0.6) is 0 Å². The maximum atomic E-state index is 12.7. The summed E-state index contributed by atoms with van der Waals surface area (Å²) in [6, 6.07) is 9.02. The average molecular weight is 434 g/mol. The van der Waals surface area contributed by atoms with E-state index in [0.717, 1.165) is 35.6 Å². The Hall–Kier alpha value is -2.30. The molecule has 0 atom stereocenters. The van der Waals surface area contributed by atoms with Crippen LogP contribution < -0.4 is 5.32 Å². The molecule has 1 amide bonds. The molecule has 1 N–H and O–H groups in total. The molecule has 0 bridgehead atoms. The summed E-state index contributed by atoms with van der Waals surface area (Å²) in [5.74, 6) is 0.648. The lowest BCUT2D eigenvalue weighted by atomic mass is 10.2. The molecule has 1 aliphatic rings. The Bertz CT molecular complexity index is 1100. The van der Waals surface area contributed by atoms with E-state index in [1.54, 1.807) is 16.4 Å². The van der Waals surface area contributed by atoms with Crippen LogP contribution in [0.1, 0.15) is 30.0 Å². The third-order valence-electron chi connectivity index (χ3n) is 4.94. The summed E-state index contributed by atoms with van der Waals surface area (Å²) < 4.78 is 29.2. The Labute approximate surface area is 173 Å². The first kappa shape index (κ1) is 20.0. The molecule has 0 spiro atoms. The smallest absolute Gasteiger partial charge is 0.252 e. The second-order valence-electron chi connectivity index (χ2n) is 7.01. The van der Waals surface area contributed by atoms with E-state index in [0.29, 0.717) is 30.3 Å². The molecule has 29 heavy (non-hydrogen) atoms.